The summed E-state index contributed by atoms with van der Waals surface area (Å²) in [5.74, 6) is 0.0900. The monoisotopic (exact) mass is 332 g/mol. The van der Waals surface area contributed by atoms with E-state index in [1.165, 1.54) is 0 Å². The van der Waals surface area contributed by atoms with Crippen molar-refractivity contribution in [3.05, 3.63) is 35.9 Å². The molecule has 1 aliphatic heterocycles. The van der Waals surface area contributed by atoms with Gasteiger partial charge in [0.15, 0.2) is 0 Å². The molecule has 1 aromatic rings. The molecule has 0 spiro atoms. The van der Waals surface area contributed by atoms with Gasteiger partial charge in [0.25, 0.3) is 0 Å². The molecule has 2 atom stereocenters. The predicted octanol–water partition coefficient (Wildman–Crippen LogP) is 1.65. The highest BCUT2D eigenvalue weighted by molar-refractivity contribution is 5.82. The summed E-state index contributed by atoms with van der Waals surface area (Å²) >= 11 is 0. The van der Waals surface area contributed by atoms with Crippen molar-refractivity contribution in [2.24, 2.45) is 0 Å². The number of benzene rings is 1. The normalized spacial score (nSPS) is 34.2. The molecular weight excluding hydrogens is 304 g/mol. The van der Waals surface area contributed by atoms with E-state index in [2.05, 4.69) is 10.2 Å². The van der Waals surface area contributed by atoms with Crippen LogP contribution in [0.5, 0.6) is 0 Å². The van der Waals surface area contributed by atoms with Gasteiger partial charge in [0.1, 0.15) is 0 Å². The summed E-state index contributed by atoms with van der Waals surface area (Å²) in [5.41, 5.74) is 0.224. The van der Waals surface area contributed by atoms with Gasteiger partial charge < -0.3 is 15.2 Å². The van der Waals surface area contributed by atoms with Crippen molar-refractivity contribution in [3.63, 3.8) is 0 Å². The van der Waals surface area contributed by atoms with Crippen molar-refractivity contribution < 1.29 is 14.6 Å². The fraction of sp³-hybridized carbons (Fsp3) is 0.632. The van der Waals surface area contributed by atoms with Gasteiger partial charge in [-0.15, -0.1) is 0 Å². The van der Waals surface area contributed by atoms with Crippen molar-refractivity contribution in [2.75, 3.05) is 20.7 Å². The van der Waals surface area contributed by atoms with Gasteiger partial charge in [-0.1, -0.05) is 30.3 Å². The third kappa shape index (κ3) is 3.63. The van der Waals surface area contributed by atoms with E-state index in [1.807, 2.05) is 37.4 Å². The molecular formula is C19H28N2O3. The van der Waals surface area contributed by atoms with Crippen LogP contribution in [0.15, 0.2) is 30.3 Å². The first-order chi connectivity index (χ1) is 11.5. The Hall–Kier alpha value is -1.43. The van der Waals surface area contributed by atoms with E-state index in [-0.39, 0.29) is 24.1 Å². The summed E-state index contributed by atoms with van der Waals surface area (Å²) in [6.45, 7) is 0.799. The lowest BCUT2D eigenvalue weighted by Gasteiger charge is -2.37. The molecule has 3 rings (SSSR count). The number of ether oxygens (including phenoxy) is 1. The average molecular weight is 332 g/mol. The molecule has 1 aliphatic carbocycles. The van der Waals surface area contributed by atoms with Crippen molar-refractivity contribution in [2.45, 2.75) is 55.9 Å². The number of likely N-dealkylation sites (tertiary alicyclic amines) is 1. The summed E-state index contributed by atoms with van der Waals surface area (Å²) in [6.07, 6.45) is 3.87. The molecule has 5 heteroatoms. The van der Waals surface area contributed by atoms with Crippen molar-refractivity contribution in [1.29, 1.82) is 0 Å². The Morgan fingerprint density at radius 1 is 1.29 bits per heavy atom. The molecule has 24 heavy (non-hydrogen) atoms. The van der Waals surface area contributed by atoms with E-state index in [0.29, 0.717) is 12.8 Å². The Bertz CT molecular complexity index is 555. The molecule has 0 bridgehead atoms. The van der Waals surface area contributed by atoms with Gasteiger partial charge in [0.05, 0.1) is 17.7 Å². The van der Waals surface area contributed by atoms with Gasteiger partial charge in [0, 0.05) is 19.7 Å². The number of carbonyl (C=O) groups excluding carboxylic acids is 1. The molecule has 1 saturated heterocycles. The molecule has 2 aliphatic rings. The van der Waals surface area contributed by atoms with Crippen LogP contribution in [0.1, 0.15) is 37.7 Å². The standard InChI is InChI=1S/C19H28N2O3/c1-21-13-16(24-2)12-17(21)18(22)20-15-8-10-19(23,11-9-15)14-6-4-3-5-7-14/h3-7,15-17,23H,8-13H2,1-2H3,(H,20,22)/t15?,16-,17-,19?/m0/s1. The maximum Gasteiger partial charge on any atom is 0.237 e. The van der Waals surface area contributed by atoms with Crippen LogP contribution in [0.4, 0.5) is 0 Å². The highest BCUT2D eigenvalue weighted by Gasteiger charge is 2.38. The number of nitrogens with zero attached hydrogens (tertiary/aromatic N) is 1. The van der Waals surface area contributed by atoms with E-state index < -0.39 is 5.60 Å². The van der Waals surface area contributed by atoms with Gasteiger partial charge in [-0.25, -0.2) is 0 Å². The van der Waals surface area contributed by atoms with Crippen LogP contribution < -0.4 is 5.32 Å². The molecule has 1 saturated carbocycles. The quantitative estimate of drug-likeness (QED) is 0.880. The third-order valence-electron chi connectivity index (χ3n) is 5.62. The Balaban J connectivity index is 1.53. The first-order valence-corrected chi connectivity index (χ1v) is 8.83. The maximum absolute atomic E-state index is 12.5. The smallest absolute Gasteiger partial charge is 0.237 e. The number of carbonyl (C=O) groups is 1. The lowest BCUT2D eigenvalue weighted by molar-refractivity contribution is -0.126. The minimum Gasteiger partial charge on any atom is -0.385 e. The van der Waals surface area contributed by atoms with E-state index in [9.17, 15) is 9.90 Å². The SMILES string of the molecule is CO[C@H]1C[C@@H](C(=O)NC2CCC(O)(c3ccccc3)CC2)N(C)C1. The molecule has 1 amide bonds. The average Bonchev–Trinajstić information content (AvgIpc) is 2.99. The van der Waals surface area contributed by atoms with Crippen molar-refractivity contribution >= 4 is 5.91 Å². The van der Waals surface area contributed by atoms with Crippen molar-refractivity contribution in [1.82, 2.24) is 10.2 Å². The third-order valence-corrected chi connectivity index (χ3v) is 5.62. The van der Waals surface area contributed by atoms with Crippen LogP contribution in [0.25, 0.3) is 0 Å². The molecule has 132 valence electrons. The fourth-order valence-electron chi connectivity index (χ4n) is 4.00. The molecule has 2 fully saturated rings. The van der Waals surface area contributed by atoms with Crippen LogP contribution in [-0.4, -0.2) is 54.8 Å². The Morgan fingerprint density at radius 2 is 1.96 bits per heavy atom. The lowest BCUT2D eigenvalue weighted by Crippen LogP contribution is -2.48. The highest BCUT2D eigenvalue weighted by Crippen LogP contribution is 2.37. The van der Waals surface area contributed by atoms with Crippen molar-refractivity contribution in [3.8, 4) is 0 Å². The number of hydrogen-bond donors (Lipinski definition) is 2. The lowest BCUT2D eigenvalue weighted by atomic mass is 9.77. The predicted molar refractivity (Wildman–Crippen MR) is 92.6 cm³/mol. The molecule has 0 unspecified atom stereocenters. The Kier molecular flexibility index (Phi) is 5.23. The zero-order valence-corrected chi connectivity index (χ0v) is 14.6. The second-order valence-electron chi connectivity index (χ2n) is 7.23. The Labute approximate surface area is 144 Å². The number of rotatable bonds is 4. The number of amides is 1. The second-order valence-corrected chi connectivity index (χ2v) is 7.23. The molecule has 1 aromatic carbocycles. The van der Waals surface area contributed by atoms with E-state index in [4.69, 9.17) is 4.74 Å². The van der Waals surface area contributed by atoms with Gasteiger partial charge in [-0.2, -0.15) is 0 Å². The number of nitrogens with one attached hydrogen (secondary N) is 1. The molecule has 0 aromatic heterocycles. The minimum absolute atomic E-state index is 0.0900. The van der Waals surface area contributed by atoms with E-state index in [0.717, 1.165) is 31.4 Å². The first kappa shape index (κ1) is 17.4. The van der Waals surface area contributed by atoms with Crippen LogP contribution >= 0.6 is 0 Å². The number of aliphatic hydroxyl groups is 1. The molecule has 2 N–H and O–H groups in total. The van der Waals surface area contributed by atoms with Gasteiger partial charge in [-0.05, 0) is 44.7 Å². The van der Waals surface area contributed by atoms with Crippen LogP contribution in [0.2, 0.25) is 0 Å². The summed E-state index contributed by atoms with van der Waals surface area (Å²) in [5, 5.41) is 14.1. The van der Waals surface area contributed by atoms with E-state index >= 15 is 0 Å². The van der Waals surface area contributed by atoms with Crippen LogP contribution in [0, 0.1) is 0 Å². The second kappa shape index (κ2) is 7.21. The van der Waals surface area contributed by atoms with Gasteiger partial charge >= 0.3 is 0 Å². The van der Waals surface area contributed by atoms with Crippen LogP contribution in [-0.2, 0) is 15.1 Å². The summed E-state index contributed by atoms with van der Waals surface area (Å²) in [6, 6.07) is 9.90. The van der Waals surface area contributed by atoms with Gasteiger partial charge in [-0.3, -0.25) is 9.69 Å². The molecule has 1 heterocycles. The first-order valence-electron chi connectivity index (χ1n) is 8.83. The summed E-state index contributed by atoms with van der Waals surface area (Å²) in [4.78, 5) is 14.6. The largest absolute Gasteiger partial charge is 0.385 e. The fourth-order valence-corrected chi connectivity index (χ4v) is 4.00. The van der Waals surface area contributed by atoms with Gasteiger partial charge in [0.2, 0.25) is 5.91 Å². The topological polar surface area (TPSA) is 61.8 Å². The summed E-state index contributed by atoms with van der Waals surface area (Å²) in [7, 11) is 3.67. The summed E-state index contributed by atoms with van der Waals surface area (Å²) < 4.78 is 5.37. The Morgan fingerprint density at radius 3 is 2.54 bits per heavy atom. The highest BCUT2D eigenvalue weighted by atomic mass is 16.5. The minimum atomic E-state index is -0.756. The van der Waals surface area contributed by atoms with Crippen LogP contribution in [0.3, 0.4) is 0 Å². The zero-order chi connectivity index (χ0) is 17.2. The molecule has 0 radical (unpaired) electrons. The van der Waals surface area contributed by atoms with E-state index in [1.54, 1.807) is 7.11 Å². The number of methoxy groups -OCH3 is 1. The number of hydrogen-bond acceptors (Lipinski definition) is 4. The maximum atomic E-state index is 12.5. The zero-order valence-electron chi connectivity index (χ0n) is 14.6. The molecule has 5 nitrogen and oxygen atoms in total. The number of likely N-dealkylation sites (N-methyl/N-ethyl adjacent to an activating group) is 1.